The highest BCUT2D eigenvalue weighted by molar-refractivity contribution is 8.00. The molecule has 1 aromatic rings. The molecular weight excluding hydrogens is 232 g/mol. The van der Waals surface area contributed by atoms with Crippen molar-refractivity contribution in [2.75, 3.05) is 23.3 Å². The number of aryl methyl sites for hydroxylation is 1. The topological polar surface area (TPSA) is 63.8 Å². The van der Waals surface area contributed by atoms with Gasteiger partial charge in [0.25, 0.3) is 0 Å². The Morgan fingerprint density at radius 3 is 3.00 bits per heavy atom. The Morgan fingerprint density at radius 2 is 2.35 bits per heavy atom. The highest BCUT2D eigenvalue weighted by atomic mass is 32.2. The molecule has 1 aromatic heterocycles. The highest BCUT2D eigenvalue weighted by Gasteiger charge is 2.29. The third-order valence-corrected chi connectivity index (χ3v) is 4.59. The van der Waals surface area contributed by atoms with Gasteiger partial charge in [0.05, 0.1) is 0 Å². The predicted octanol–water partition coefficient (Wildman–Crippen LogP) is 2.32. The molecule has 1 atom stereocenters. The predicted molar refractivity (Wildman–Crippen MR) is 74.4 cm³/mol. The smallest absolute Gasteiger partial charge is 0.132 e. The largest absolute Gasteiger partial charge is 0.384 e. The monoisotopic (exact) mass is 252 g/mol. The molecule has 0 saturated carbocycles. The number of nitrogens with one attached hydrogen (secondary N) is 1. The minimum absolute atomic E-state index is 0.339. The van der Waals surface area contributed by atoms with Gasteiger partial charge < -0.3 is 11.1 Å². The van der Waals surface area contributed by atoms with Gasteiger partial charge in [0.1, 0.15) is 17.5 Å². The maximum absolute atomic E-state index is 5.76. The molecule has 1 saturated heterocycles. The van der Waals surface area contributed by atoms with Crippen LogP contribution in [0.4, 0.5) is 11.6 Å². The number of nitrogen functional groups attached to an aromatic ring is 1. The molecule has 1 aliphatic rings. The van der Waals surface area contributed by atoms with E-state index in [4.69, 9.17) is 5.73 Å². The van der Waals surface area contributed by atoms with Crippen LogP contribution in [0.1, 0.15) is 32.5 Å². The summed E-state index contributed by atoms with van der Waals surface area (Å²) in [6.07, 6.45) is 3.40. The zero-order chi connectivity index (χ0) is 12.3. The summed E-state index contributed by atoms with van der Waals surface area (Å²) < 4.78 is 0.339. The summed E-state index contributed by atoms with van der Waals surface area (Å²) in [4.78, 5) is 8.60. The first-order valence-electron chi connectivity index (χ1n) is 6.12. The highest BCUT2D eigenvalue weighted by Crippen LogP contribution is 2.37. The molecule has 5 heteroatoms. The molecule has 3 N–H and O–H groups in total. The first-order valence-corrected chi connectivity index (χ1v) is 7.11. The molecule has 2 rings (SSSR count). The lowest BCUT2D eigenvalue weighted by atomic mass is 10.1. The van der Waals surface area contributed by atoms with E-state index in [1.165, 1.54) is 18.6 Å². The summed E-state index contributed by atoms with van der Waals surface area (Å²) >= 11 is 2.04. The van der Waals surface area contributed by atoms with Crippen molar-refractivity contribution in [1.82, 2.24) is 9.97 Å². The molecule has 94 valence electrons. The molecule has 2 heterocycles. The van der Waals surface area contributed by atoms with Crippen LogP contribution in [0.25, 0.3) is 0 Å². The summed E-state index contributed by atoms with van der Waals surface area (Å²) in [6, 6.07) is 1.81. The van der Waals surface area contributed by atoms with E-state index in [0.717, 1.165) is 24.6 Å². The number of anilines is 2. The van der Waals surface area contributed by atoms with Crippen molar-refractivity contribution in [2.24, 2.45) is 0 Å². The van der Waals surface area contributed by atoms with Crippen molar-refractivity contribution in [3.63, 3.8) is 0 Å². The Labute approximate surface area is 107 Å². The van der Waals surface area contributed by atoms with E-state index in [1.807, 2.05) is 24.8 Å². The van der Waals surface area contributed by atoms with Gasteiger partial charge in [-0.25, -0.2) is 9.97 Å². The van der Waals surface area contributed by atoms with Gasteiger partial charge in [0, 0.05) is 23.8 Å². The fourth-order valence-corrected chi connectivity index (χ4v) is 3.26. The molecular formula is C12H20N4S. The van der Waals surface area contributed by atoms with E-state index in [0.29, 0.717) is 10.6 Å². The number of rotatable bonds is 4. The van der Waals surface area contributed by atoms with Crippen molar-refractivity contribution >= 4 is 23.4 Å². The van der Waals surface area contributed by atoms with Crippen LogP contribution in [0.3, 0.4) is 0 Å². The van der Waals surface area contributed by atoms with E-state index in [-0.39, 0.29) is 0 Å². The van der Waals surface area contributed by atoms with E-state index in [1.54, 1.807) is 0 Å². The molecule has 17 heavy (non-hydrogen) atoms. The van der Waals surface area contributed by atoms with Crippen molar-refractivity contribution in [1.29, 1.82) is 0 Å². The zero-order valence-corrected chi connectivity index (χ0v) is 11.3. The molecule has 1 aliphatic heterocycles. The summed E-state index contributed by atoms with van der Waals surface area (Å²) in [5.41, 5.74) is 5.76. The quantitative estimate of drug-likeness (QED) is 0.861. The van der Waals surface area contributed by atoms with Crippen LogP contribution in [0.15, 0.2) is 6.07 Å². The Morgan fingerprint density at radius 1 is 1.53 bits per heavy atom. The van der Waals surface area contributed by atoms with Crippen LogP contribution in [0.5, 0.6) is 0 Å². The van der Waals surface area contributed by atoms with Crippen LogP contribution in [-0.4, -0.2) is 27.0 Å². The Kier molecular flexibility index (Phi) is 3.76. The molecule has 0 spiro atoms. The lowest BCUT2D eigenvalue weighted by Gasteiger charge is -2.23. The van der Waals surface area contributed by atoms with Crippen molar-refractivity contribution in [3.05, 3.63) is 11.9 Å². The van der Waals surface area contributed by atoms with Crippen LogP contribution >= 0.6 is 11.8 Å². The zero-order valence-electron chi connectivity index (χ0n) is 10.5. The van der Waals surface area contributed by atoms with Gasteiger partial charge >= 0.3 is 0 Å². The minimum atomic E-state index is 0.339. The van der Waals surface area contributed by atoms with Crippen LogP contribution in [-0.2, 0) is 6.42 Å². The van der Waals surface area contributed by atoms with Gasteiger partial charge in [0.2, 0.25) is 0 Å². The van der Waals surface area contributed by atoms with Gasteiger partial charge in [-0.3, -0.25) is 0 Å². The maximum Gasteiger partial charge on any atom is 0.132 e. The van der Waals surface area contributed by atoms with Crippen molar-refractivity contribution in [3.8, 4) is 0 Å². The van der Waals surface area contributed by atoms with E-state index in [2.05, 4.69) is 22.2 Å². The standard InChI is InChI=1S/C12H20N4S/c1-3-10-15-9(13)7-11(16-10)14-8-12(2)5-4-6-17-12/h7H,3-6,8H2,1-2H3,(H3,13,14,15,16). The molecule has 4 nitrogen and oxygen atoms in total. The molecule has 0 aliphatic carbocycles. The fraction of sp³-hybridized carbons (Fsp3) is 0.667. The average molecular weight is 252 g/mol. The second-order valence-corrected chi connectivity index (χ2v) is 6.39. The SMILES string of the molecule is CCc1nc(N)cc(NCC2(C)CCCS2)n1. The molecule has 1 unspecified atom stereocenters. The lowest BCUT2D eigenvalue weighted by molar-refractivity contribution is 0.633. The first kappa shape index (κ1) is 12.5. The van der Waals surface area contributed by atoms with Crippen LogP contribution < -0.4 is 11.1 Å². The number of hydrogen-bond acceptors (Lipinski definition) is 5. The lowest BCUT2D eigenvalue weighted by Crippen LogP contribution is -2.27. The summed E-state index contributed by atoms with van der Waals surface area (Å²) in [7, 11) is 0. The Balaban J connectivity index is 2.00. The number of thioether (sulfide) groups is 1. The Bertz CT molecular complexity index is 388. The first-order chi connectivity index (χ1) is 8.11. The number of nitrogens with zero attached hydrogens (tertiary/aromatic N) is 2. The van der Waals surface area contributed by atoms with Gasteiger partial charge in [-0.1, -0.05) is 6.92 Å². The second-order valence-electron chi connectivity index (χ2n) is 4.70. The van der Waals surface area contributed by atoms with Crippen molar-refractivity contribution in [2.45, 2.75) is 37.9 Å². The normalized spacial score (nSPS) is 23.9. The summed E-state index contributed by atoms with van der Waals surface area (Å²) in [6.45, 7) is 5.28. The van der Waals surface area contributed by atoms with E-state index < -0.39 is 0 Å². The molecule has 0 aromatic carbocycles. The fourth-order valence-electron chi connectivity index (χ4n) is 2.02. The number of aromatic nitrogens is 2. The number of hydrogen-bond donors (Lipinski definition) is 2. The third-order valence-electron chi connectivity index (χ3n) is 3.05. The Hall–Kier alpha value is -0.970. The molecule has 0 radical (unpaired) electrons. The maximum atomic E-state index is 5.76. The van der Waals surface area contributed by atoms with Crippen LogP contribution in [0, 0.1) is 0 Å². The molecule has 0 amide bonds. The minimum Gasteiger partial charge on any atom is -0.384 e. The van der Waals surface area contributed by atoms with Gasteiger partial charge in [-0.2, -0.15) is 11.8 Å². The van der Waals surface area contributed by atoms with Gasteiger partial charge in [0.15, 0.2) is 0 Å². The van der Waals surface area contributed by atoms with Crippen LogP contribution in [0.2, 0.25) is 0 Å². The molecule has 1 fully saturated rings. The summed E-state index contributed by atoms with van der Waals surface area (Å²) in [5, 5.41) is 3.39. The third kappa shape index (κ3) is 3.25. The van der Waals surface area contributed by atoms with E-state index >= 15 is 0 Å². The van der Waals surface area contributed by atoms with Gasteiger partial charge in [-0.05, 0) is 25.5 Å². The number of nitrogens with two attached hydrogens (primary N) is 1. The molecule has 0 bridgehead atoms. The average Bonchev–Trinajstić information content (AvgIpc) is 2.73. The second kappa shape index (κ2) is 5.12. The van der Waals surface area contributed by atoms with Gasteiger partial charge in [-0.15, -0.1) is 0 Å². The summed E-state index contributed by atoms with van der Waals surface area (Å²) in [5.74, 6) is 3.47. The van der Waals surface area contributed by atoms with E-state index in [9.17, 15) is 0 Å². The van der Waals surface area contributed by atoms with Crippen molar-refractivity contribution < 1.29 is 0 Å².